The van der Waals surface area contributed by atoms with Gasteiger partial charge in [-0.1, -0.05) is 18.2 Å². The van der Waals surface area contributed by atoms with Crippen molar-refractivity contribution in [1.82, 2.24) is 15.5 Å². The lowest BCUT2D eigenvalue weighted by atomic mass is 10.1. The zero-order valence-corrected chi connectivity index (χ0v) is 19.8. The van der Waals surface area contributed by atoms with E-state index in [1.165, 1.54) is 5.69 Å². The molecule has 4 heterocycles. The first-order valence-corrected chi connectivity index (χ1v) is 12.6. The number of phenolic OH excluding ortho intramolecular Hbond substituents is 1. The van der Waals surface area contributed by atoms with Gasteiger partial charge < -0.3 is 30.7 Å². The number of anilines is 3. The number of nitrogen functional groups attached to an aromatic ring is 1. The first-order chi connectivity index (χ1) is 17.2. The number of fused-ring (bicyclic) bond motifs is 2. The fourth-order valence-corrected chi connectivity index (χ4v) is 5.81. The first-order valence-electron chi connectivity index (χ1n) is 12.6. The Kier molecular flexibility index (Phi) is 5.82. The van der Waals surface area contributed by atoms with Crippen molar-refractivity contribution in [2.45, 2.75) is 43.9 Å². The summed E-state index contributed by atoms with van der Waals surface area (Å²) in [6.45, 7) is 3.78. The topological polar surface area (TPSA) is 99.8 Å². The van der Waals surface area contributed by atoms with Gasteiger partial charge >= 0.3 is 0 Å². The summed E-state index contributed by atoms with van der Waals surface area (Å²) in [5.74, 6) is 1.58. The largest absolute Gasteiger partial charge is 0.507 e. The molecule has 2 atom stereocenters. The summed E-state index contributed by atoms with van der Waals surface area (Å²) in [6, 6.07) is 18.5. The van der Waals surface area contributed by atoms with Crippen molar-refractivity contribution in [3.8, 4) is 22.8 Å². The summed E-state index contributed by atoms with van der Waals surface area (Å²) in [5, 5.41) is 22.2. The number of benzene rings is 2. The zero-order chi connectivity index (χ0) is 23.8. The number of nitrogens with two attached hydrogens (primary N) is 1. The average Bonchev–Trinajstić information content (AvgIpc) is 3.15. The number of rotatable bonds is 5. The third kappa shape index (κ3) is 4.34. The number of phenols is 1. The van der Waals surface area contributed by atoms with Crippen molar-refractivity contribution >= 4 is 17.2 Å². The Morgan fingerprint density at radius 2 is 1.69 bits per heavy atom. The lowest BCUT2D eigenvalue weighted by Crippen LogP contribution is -2.54. The van der Waals surface area contributed by atoms with Gasteiger partial charge in [-0.2, -0.15) is 0 Å². The SMILES string of the molecule is Nc1nnc(-c2ccccc2O)cc1N1CC2CCC(C1)N2c1cccc(OC2CCNCC2)c1. The molecule has 6 rings (SSSR count). The summed E-state index contributed by atoms with van der Waals surface area (Å²) in [6.07, 6.45) is 4.69. The third-order valence-corrected chi connectivity index (χ3v) is 7.51. The van der Waals surface area contributed by atoms with Crippen LogP contribution in [-0.2, 0) is 0 Å². The van der Waals surface area contributed by atoms with Crippen LogP contribution in [0.5, 0.6) is 11.5 Å². The van der Waals surface area contributed by atoms with Crippen LogP contribution in [0.15, 0.2) is 54.6 Å². The van der Waals surface area contributed by atoms with Crippen molar-refractivity contribution in [1.29, 1.82) is 0 Å². The van der Waals surface area contributed by atoms with Gasteiger partial charge in [-0.05, 0) is 69.1 Å². The number of nitrogens with one attached hydrogen (secondary N) is 1. The van der Waals surface area contributed by atoms with E-state index < -0.39 is 0 Å². The first kappa shape index (κ1) is 22.0. The van der Waals surface area contributed by atoms with Crippen LogP contribution < -0.4 is 25.6 Å². The van der Waals surface area contributed by atoms with Gasteiger partial charge in [0.05, 0.1) is 11.4 Å². The van der Waals surface area contributed by atoms with E-state index in [-0.39, 0.29) is 5.75 Å². The molecule has 2 bridgehead atoms. The number of aromatic nitrogens is 2. The maximum absolute atomic E-state index is 10.3. The summed E-state index contributed by atoms with van der Waals surface area (Å²) >= 11 is 0. The van der Waals surface area contributed by atoms with Crippen molar-refractivity contribution in [3.63, 3.8) is 0 Å². The second kappa shape index (κ2) is 9.26. The molecule has 0 saturated carbocycles. The number of ether oxygens (including phenoxy) is 1. The number of hydrogen-bond acceptors (Lipinski definition) is 8. The highest BCUT2D eigenvalue weighted by Crippen LogP contribution is 2.39. The summed E-state index contributed by atoms with van der Waals surface area (Å²) < 4.78 is 6.32. The number of aromatic hydroxyl groups is 1. The minimum Gasteiger partial charge on any atom is -0.507 e. The zero-order valence-electron chi connectivity index (χ0n) is 19.8. The fraction of sp³-hybridized carbons (Fsp3) is 0.407. The molecular formula is C27H32N6O2. The van der Waals surface area contributed by atoms with Crippen LogP contribution in [0.25, 0.3) is 11.3 Å². The van der Waals surface area contributed by atoms with Crippen molar-refractivity contribution in [2.75, 3.05) is 41.7 Å². The number of piperidine rings is 1. The van der Waals surface area contributed by atoms with Gasteiger partial charge in [-0.25, -0.2) is 0 Å². The molecule has 1 aromatic heterocycles. The van der Waals surface area contributed by atoms with E-state index in [1.807, 2.05) is 18.2 Å². The van der Waals surface area contributed by atoms with Crippen LogP contribution >= 0.6 is 0 Å². The summed E-state index contributed by atoms with van der Waals surface area (Å²) in [5.41, 5.74) is 9.70. The third-order valence-electron chi connectivity index (χ3n) is 7.51. The van der Waals surface area contributed by atoms with Gasteiger partial charge in [0.15, 0.2) is 5.82 Å². The maximum atomic E-state index is 10.3. The molecule has 3 saturated heterocycles. The number of piperazine rings is 1. The highest BCUT2D eigenvalue weighted by Gasteiger charge is 2.40. The van der Waals surface area contributed by atoms with Gasteiger partial charge in [-0.3, -0.25) is 0 Å². The number of hydrogen-bond donors (Lipinski definition) is 3. The Morgan fingerprint density at radius 3 is 2.46 bits per heavy atom. The molecule has 0 spiro atoms. The minimum atomic E-state index is 0.189. The van der Waals surface area contributed by atoms with Crippen LogP contribution in [0.2, 0.25) is 0 Å². The summed E-state index contributed by atoms with van der Waals surface area (Å²) in [4.78, 5) is 4.91. The van der Waals surface area contributed by atoms with Gasteiger partial charge in [-0.15, -0.1) is 10.2 Å². The van der Waals surface area contributed by atoms with Gasteiger partial charge in [0.2, 0.25) is 0 Å². The normalized spacial score (nSPS) is 22.4. The van der Waals surface area contributed by atoms with Crippen LogP contribution in [-0.4, -0.2) is 59.7 Å². The molecule has 3 aromatic rings. The lowest BCUT2D eigenvalue weighted by Gasteiger charge is -2.43. The molecule has 4 N–H and O–H groups in total. The van der Waals surface area contributed by atoms with Crippen LogP contribution in [0.1, 0.15) is 25.7 Å². The molecule has 8 heteroatoms. The quantitative estimate of drug-likeness (QED) is 0.520. The van der Waals surface area contributed by atoms with E-state index in [0.717, 1.165) is 63.3 Å². The van der Waals surface area contributed by atoms with Crippen molar-refractivity contribution in [3.05, 3.63) is 54.6 Å². The van der Waals surface area contributed by atoms with E-state index in [0.29, 0.717) is 35.3 Å². The molecule has 0 radical (unpaired) electrons. The molecule has 0 aliphatic carbocycles. The monoisotopic (exact) mass is 472 g/mol. The molecular weight excluding hydrogens is 440 g/mol. The predicted molar refractivity (Wildman–Crippen MR) is 138 cm³/mol. The molecule has 3 aliphatic rings. The molecule has 182 valence electrons. The molecule has 2 unspecified atom stereocenters. The Labute approximate surface area is 205 Å². The Morgan fingerprint density at radius 1 is 0.914 bits per heavy atom. The van der Waals surface area contributed by atoms with Gasteiger partial charge in [0, 0.05) is 42.5 Å². The predicted octanol–water partition coefficient (Wildman–Crippen LogP) is 3.42. The Balaban J connectivity index is 1.22. The van der Waals surface area contributed by atoms with E-state index in [1.54, 1.807) is 12.1 Å². The molecule has 2 aromatic carbocycles. The fourth-order valence-electron chi connectivity index (χ4n) is 5.81. The average molecular weight is 473 g/mol. The molecule has 3 aliphatic heterocycles. The molecule has 8 nitrogen and oxygen atoms in total. The molecule has 35 heavy (non-hydrogen) atoms. The maximum Gasteiger partial charge on any atom is 0.169 e. The second-order valence-electron chi connectivity index (χ2n) is 9.78. The van der Waals surface area contributed by atoms with E-state index in [4.69, 9.17) is 10.5 Å². The van der Waals surface area contributed by atoms with Gasteiger partial charge in [0.1, 0.15) is 17.6 Å². The highest BCUT2D eigenvalue weighted by atomic mass is 16.5. The van der Waals surface area contributed by atoms with E-state index >= 15 is 0 Å². The summed E-state index contributed by atoms with van der Waals surface area (Å²) in [7, 11) is 0. The molecule has 3 fully saturated rings. The lowest BCUT2D eigenvalue weighted by molar-refractivity contribution is 0.162. The Bertz CT molecular complexity index is 1180. The Hall–Kier alpha value is -3.52. The van der Waals surface area contributed by atoms with E-state index in [2.05, 4.69) is 49.6 Å². The standard InChI is InChI=1S/C27H32N6O2/c28-27-25(15-24(30-31-27)23-6-1-2-7-26(23)34)32-16-19-8-9-20(17-32)33(19)18-4-3-5-22(14-18)35-21-10-12-29-13-11-21/h1-7,14-15,19-21,29,34H,8-13,16-17H2,(H2,28,31). The van der Waals surface area contributed by atoms with E-state index in [9.17, 15) is 5.11 Å². The highest BCUT2D eigenvalue weighted by molar-refractivity contribution is 5.74. The number of para-hydroxylation sites is 1. The van der Waals surface area contributed by atoms with Crippen LogP contribution in [0.4, 0.5) is 17.2 Å². The van der Waals surface area contributed by atoms with Crippen LogP contribution in [0, 0.1) is 0 Å². The number of nitrogens with zero attached hydrogens (tertiary/aromatic N) is 4. The smallest absolute Gasteiger partial charge is 0.169 e. The molecule has 0 amide bonds. The van der Waals surface area contributed by atoms with Crippen molar-refractivity contribution in [2.24, 2.45) is 0 Å². The second-order valence-corrected chi connectivity index (χ2v) is 9.78. The van der Waals surface area contributed by atoms with Crippen LogP contribution in [0.3, 0.4) is 0 Å². The van der Waals surface area contributed by atoms with Gasteiger partial charge in [0.25, 0.3) is 0 Å². The van der Waals surface area contributed by atoms with Crippen molar-refractivity contribution < 1.29 is 9.84 Å². The minimum absolute atomic E-state index is 0.189.